The van der Waals surface area contributed by atoms with Crippen molar-refractivity contribution in [2.45, 2.75) is 50.8 Å². The Hall–Kier alpha value is -0.200. The maximum atomic E-state index is 5.76. The Morgan fingerprint density at radius 3 is 2.47 bits per heavy atom. The van der Waals surface area contributed by atoms with Gasteiger partial charge in [-0.25, -0.2) is 0 Å². The number of nitrogens with one attached hydrogen (secondary N) is 1. The Morgan fingerprint density at radius 2 is 1.73 bits per heavy atom. The lowest BCUT2D eigenvalue weighted by Crippen LogP contribution is -2.58. The molecule has 3 heterocycles. The van der Waals surface area contributed by atoms with Crippen molar-refractivity contribution in [1.82, 2.24) is 5.32 Å². The largest absolute Gasteiger partial charge is 0.350 e. The van der Waals surface area contributed by atoms with Crippen molar-refractivity contribution in [3.63, 3.8) is 0 Å². The minimum absolute atomic E-state index is 0.00458. The first-order valence-electron chi connectivity index (χ1n) is 5.55. The van der Waals surface area contributed by atoms with Gasteiger partial charge in [0.1, 0.15) is 18.3 Å². The predicted molar refractivity (Wildman–Crippen MR) is 51.3 cm³/mol. The van der Waals surface area contributed by atoms with Crippen LogP contribution in [0, 0.1) is 0 Å². The van der Waals surface area contributed by atoms with E-state index < -0.39 is 0 Å². The summed E-state index contributed by atoms with van der Waals surface area (Å²) in [6.07, 6.45) is -0.209. The molecule has 3 fully saturated rings. The van der Waals surface area contributed by atoms with Gasteiger partial charge in [-0.2, -0.15) is 0 Å². The molecule has 0 aromatic rings. The summed E-state index contributed by atoms with van der Waals surface area (Å²) in [5.74, 6) is 0. The first-order chi connectivity index (χ1) is 7.24. The first kappa shape index (κ1) is 9.99. The highest BCUT2D eigenvalue weighted by atomic mass is 16.8. The van der Waals surface area contributed by atoms with E-state index in [0.717, 1.165) is 6.54 Å². The van der Waals surface area contributed by atoms with Crippen molar-refractivity contribution >= 4 is 0 Å². The Labute approximate surface area is 89.0 Å². The summed E-state index contributed by atoms with van der Waals surface area (Å²) in [4.78, 5) is 0. The molecule has 6 atom stereocenters. The molecule has 0 unspecified atom stereocenters. The third-order valence-corrected chi connectivity index (χ3v) is 3.09. The summed E-state index contributed by atoms with van der Waals surface area (Å²) in [6, 6.07) is 0.425. The van der Waals surface area contributed by atoms with Crippen LogP contribution >= 0.6 is 0 Å². The average Bonchev–Trinajstić information content (AvgIpc) is 3.01. The van der Waals surface area contributed by atoms with E-state index >= 15 is 0 Å². The molecule has 0 amide bonds. The second kappa shape index (κ2) is 3.68. The molecule has 3 aliphatic heterocycles. The fraction of sp³-hybridized carbons (Fsp3) is 1.00. The quantitative estimate of drug-likeness (QED) is 0.616. The fourth-order valence-electron chi connectivity index (χ4n) is 2.28. The summed E-state index contributed by atoms with van der Waals surface area (Å²) in [7, 11) is 0. The summed E-state index contributed by atoms with van der Waals surface area (Å²) < 4.78 is 22.6. The van der Waals surface area contributed by atoms with Crippen molar-refractivity contribution < 1.29 is 18.9 Å². The summed E-state index contributed by atoms with van der Waals surface area (Å²) in [5.41, 5.74) is 0. The van der Waals surface area contributed by atoms with Crippen molar-refractivity contribution in [3.05, 3.63) is 0 Å². The van der Waals surface area contributed by atoms with Crippen LogP contribution in [-0.4, -0.2) is 50.1 Å². The van der Waals surface area contributed by atoms with Gasteiger partial charge < -0.3 is 24.3 Å². The minimum atomic E-state index is -0.167. The number of hydrogen-bond acceptors (Lipinski definition) is 5. The Morgan fingerprint density at radius 1 is 1.00 bits per heavy atom. The van der Waals surface area contributed by atoms with E-state index in [1.807, 2.05) is 13.8 Å². The SMILES string of the molecule is C[C@@H]1OC[C@@H]2O[C@@H](C)O[C@@H]([C@@H]3CN3)[C@@H]2O1. The van der Waals surface area contributed by atoms with Gasteiger partial charge >= 0.3 is 0 Å². The molecule has 0 radical (unpaired) electrons. The number of ether oxygens (including phenoxy) is 4. The van der Waals surface area contributed by atoms with Gasteiger partial charge in [0.05, 0.1) is 6.61 Å². The number of hydrogen-bond donors (Lipinski definition) is 1. The van der Waals surface area contributed by atoms with E-state index in [9.17, 15) is 0 Å². The lowest BCUT2D eigenvalue weighted by atomic mass is 10.0. The molecule has 15 heavy (non-hydrogen) atoms. The fourth-order valence-corrected chi connectivity index (χ4v) is 2.28. The molecule has 0 aromatic heterocycles. The molecule has 3 aliphatic rings. The maximum Gasteiger partial charge on any atom is 0.156 e. The summed E-state index contributed by atoms with van der Waals surface area (Å²) in [6.45, 7) is 5.44. The van der Waals surface area contributed by atoms with Crippen LogP contribution in [0.4, 0.5) is 0 Å². The van der Waals surface area contributed by atoms with Crippen LogP contribution in [0.25, 0.3) is 0 Å². The van der Waals surface area contributed by atoms with Crippen LogP contribution in [0.1, 0.15) is 13.8 Å². The van der Waals surface area contributed by atoms with E-state index in [0.29, 0.717) is 12.6 Å². The van der Waals surface area contributed by atoms with Gasteiger partial charge in [-0.05, 0) is 13.8 Å². The molecule has 0 aromatic carbocycles. The van der Waals surface area contributed by atoms with Crippen LogP contribution in [0.3, 0.4) is 0 Å². The highest BCUT2D eigenvalue weighted by molar-refractivity contribution is 5.00. The van der Waals surface area contributed by atoms with Crippen molar-refractivity contribution in [2.24, 2.45) is 0 Å². The Bertz CT molecular complexity index is 246. The standard InChI is InChI=1S/C10H17NO4/c1-5-12-4-8-10(14-5)9(7-3-11-7)15-6(2)13-8/h5-11H,3-4H2,1-2H3/t5-,6-,7+,8+,9+,10-/m1/s1. The zero-order valence-corrected chi connectivity index (χ0v) is 9.01. The van der Waals surface area contributed by atoms with E-state index in [4.69, 9.17) is 18.9 Å². The molecule has 5 nitrogen and oxygen atoms in total. The smallest absolute Gasteiger partial charge is 0.156 e. The highest BCUT2D eigenvalue weighted by Crippen LogP contribution is 2.30. The van der Waals surface area contributed by atoms with Crippen molar-refractivity contribution in [1.29, 1.82) is 0 Å². The number of fused-ring (bicyclic) bond motifs is 1. The zero-order chi connectivity index (χ0) is 10.4. The monoisotopic (exact) mass is 215 g/mol. The molecule has 0 aliphatic carbocycles. The molecule has 0 bridgehead atoms. The lowest BCUT2D eigenvalue weighted by Gasteiger charge is -2.44. The van der Waals surface area contributed by atoms with E-state index in [1.54, 1.807) is 0 Å². The van der Waals surface area contributed by atoms with Crippen LogP contribution < -0.4 is 5.32 Å². The molecular formula is C10H17NO4. The summed E-state index contributed by atoms with van der Waals surface area (Å²) >= 11 is 0. The van der Waals surface area contributed by atoms with Gasteiger partial charge in [0.2, 0.25) is 0 Å². The van der Waals surface area contributed by atoms with E-state index in [1.165, 1.54) is 0 Å². The average molecular weight is 215 g/mol. The molecule has 86 valence electrons. The second-order valence-corrected chi connectivity index (χ2v) is 4.36. The van der Waals surface area contributed by atoms with Gasteiger partial charge in [0, 0.05) is 12.6 Å². The highest BCUT2D eigenvalue weighted by Gasteiger charge is 2.48. The lowest BCUT2D eigenvalue weighted by molar-refractivity contribution is -0.350. The summed E-state index contributed by atoms with van der Waals surface area (Å²) in [5, 5.41) is 3.27. The minimum Gasteiger partial charge on any atom is -0.350 e. The molecule has 5 heteroatoms. The van der Waals surface area contributed by atoms with Gasteiger partial charge in [0.15, 0.2) is 12.6 Å². The number of rotatable bonds is 1. The van der Waals surface area contributed by atoms with Crippen molar-refractivity contribution in [2.75, 3.05) is 13.2 Å². The molecule has 1 N–H and O–H groups in total. The van der Waals surface area contributed by atoms with Gasteiger partial charge in [-0.1, -0.05) is 0 Å². The Kier molecular flexibility index (Phi) is 2.45. The molecule has 3 saturated heterocycles. The van der Waals surface area contributed by atoms with Gasteiger partial charge in [-0.3, -0.25) is 0 Å². The van der Waals surface area contributed by atoms with Gasteiger partial charge in [0.25, 0.3) is 0 Å². The van der Waals surface area contributed by atoms with Crippen molar-refractivity contribution in [3.8, 4) is 0 Å². The van der Waals surface area contributed by atoms with Gasteiger partial charge in [-0.15, -0.1) is 0 Å². The third-order valence-electron chi connectivity index (χ3n) is 3.09. The molecular weight excluding hydrogens is 198 g/mol. The zero-order valence-electron chi connectivity index (χ0n) is 9.01. The first-order valence-corrected chi connectivity index (χ1v) is 5.55. The topological polar surface area (TPSA) is 58.9 Å². The normalized spacial score (nSPS) is 54.8. The molecule has 0 saturated carbocycles. The predicted octanol–water partition coefficient (Wildman–Crippen LogP) is -0.150. The van der Waals surface area contributed by atoms with E-state index in [2.05, 4.69) is 5.32 Å². The van der Waals surface area contributed by atoms with Crippen LogP contribution in [0.5, 0.6) is 0 Å². The molecule has 3 rings (SSSR count). The second-order valence-electron chi connectivity index (χ2n) is 4.36. The van der Waals surface area contributed by atoms with Crippen LogP contribution in [0.15, 0.2) is 0 Å². The maximum absolute atomic E-state index is 5.76. The third kappa shape index (κ3) is 1.90. The van der Waals surface area contributed by atoms with Crippen LogP contribution in [-0.2, 0) is 18.9 Å². The van der Waals surface area contributed by atoms with E-state index in [-0.39, 0.29) is 30.9 Å². The molecule has 0 spiro atoms. The Balaban J connectivity index is 1.74. The van der Waals surface area contributed by atoms with Crippen LogP contribution in [0.2, 0.25) is 0 Å².